The lowest BCUT2D eigenvalue weighted by Gasteiger charge is -2.27. The maximum Gasteiger partial charge on any atom is 0.225 e. The van der Waals surface area contributed by atoms with Crippen LogP contribution in [0.3, 0.4) is 0 Å². The number of fused-ring (bicyclic) bond motifs is 1. The highest BCUT2D eigenvalue weighted by atomic mass is 15.3. The normalized spacial score (nSPS) is 20.2. The fourth-order valence-electron chi connectivity index (χ4n) is 2.68. The van der Waals surface area contributed by atoms with Gasteiger partial charge in [-0.25, -0.2) is 9.97 Å². The number of anilines is 1. The Morgan fingerprint density at radius 1 is 1.21 bits per heavy atom. The SMILES string of the molecule is CN(c1ncc2ccccc2n1)C1CCCNCC1. The van der Waals surface area contributed by atoms with Crippen LogP contribution in [0, 0.1) is 0 Å². The number of para-hydroxylation sites is 1. The van der Waals surface area contributed by atoms with E-state index in [1.54, 1.807) is 0 Å². The lowest BCUT2D eigenvalue weighted by Crippen LogP contribution is -2.33. The molecule has 1 aromatic heterocycles. The highest BCUT2D eigenvalue weighted by Gasteiger charge is 2.18. The van der Waals surface area contributed by atoms with Crippen molar-refractivity contribution in [3.63, 3.8) is 0 Å². The molecular formula is C15H20N4. The summed E-state index contributed by atoms with van der Waals surface area (Å²) < 4.78 is 0. The number of hydrogen-bond acceptors (Lipinski definition) is 4. The van der Waals surface area contributed by atoms with Crippen LogP contribution in [-0.4, -0.2) is 36.1 Å². The minimum atomic E-state index is 0.538. The van der Waals surface area contributed by atoms with Crippen LogP contribution in [-0.2, 0) is 0 Å². The minimum absolute atomic E-state index is 0.538. The van der Waals surface area contributed by atoms with Gasteiger partial charge in [-0.1, -0.05) is 18.2 Å². The maximum absolute atomic E-state index is 4.68. The van der Waals surface area contributed by atoms with Crippen molar-refractivity contribution in [2.24, 2.45) is 0 Å². The van der Waals surface area contributed by atoms with Gasteiger partial charge in [-0.3, -0.25) is 0 Å². The second-order valence-electron chi connectivity index (χ2n) is 5.17. The van der Waals surface area contributed by atoms with E-state index in [-0.39, 0.29) is 0 Å². The van der Waals surface area contributed by atoms with Crippen LogP contribution in [0.1, 0.15) is 19.3 Å². The van der Waals surface area contributed by atoms with Crippen molar-refractivity contribution in [1.29, 1.82) is 0 Å². The van der Waals surface area contributed by atoms with Crippen molar-refractivity contribution in [2.45, 2.75) is 25.3 Å². The van der Waals surface area contributed by atoms with Crippen molar-refractivity contribution < 1.29 is 0 Å². The van der Waals surface area contributed by atoms with Crippen molar-refractivity contribution in [1.82, 2.24) is 15.3 Å². The number of nitrogens with one attached hydrogen (secondary N) is 1. The van der Waals surface area contributed by atoms with E-state index in [9.17, 15) is 0 Å². The predicted octanol–water partition coefficient (Wildman–Crippen LogP) is 2.21. The first-order valence-corrected chi connectivity index (χ1v) is 7.00. The van der Waals surface area contributed by atoms with Gasteiger partial charge >= 0.3 is 0 Å². The highest BCUT2D eigenvalue weighted by molar-refractivity contribution is 5.78. The van der Waals surface area contributed by atoms with E-state index in [4.69, 9.17) is 0 Å². The fourth-order valence-corrected chi connectivity index (χ4v) is 2.68. The molecule has 2 aromatic rings. The van der Waals surface area contributed by atoms with Gasteiger partial charge in [0.05, 0.1) is 5.52 Å². The van der Waals surface area contributed by atoms with E-state index in [1.807, 2.05) is 24.4 Å². The van der Waals surface area contributed by atoms with Crippen LogP contribution in [0.25, 0.3) is 10.9 Å². The first-order chi connectivity index (χ1) is 9.34. The van der Waals surface area contributed by atoms with Crippen molar-refractivity contribution in [3.05, 3.63) is 30.5 Å². The Bertz CT molecular complexity index is 547. The van der Waals surface area contributed by atoms with Crippen molar-refractivity contribution >= 4 is 16.9 Å². The van der Waals surface area contributed by atoms with E-state index < -0.39 is 0 Å². The van der Waals surface area contributed by atoms with Crippen LogP contribution in [0.2, 0.25) is 0 Å². The summed E-state index contributed by atoms with van der Waals surface area (Å²) in [5.74, 6) is 0.839. The largest absolute Gasteiger partial charge is 0.341 e. The molecule has 0 saturated carbocycles. The molecular weight excluding hydrogens is 236 g/mol. The van der Waals surface area contributed by atoms with Gasteiger partial charge in [0.15, 0.2) is 0 Å². The molecule has 1 atom stereocenters. The number of nitrogens with zero attached hydrogens (tertiary/aromatic N) is 3. The molecule has 4 nitrogen and oxygen atoms in total. The molecule has 1 saturated heterocycles. The van der Waals surface area contributed by atoms with Crippen LogP contribution in [0.5, 0.6) is 0 Å². The first kappa shape index (κ1) is 12.4. The van der Waals surface area contributed by atoms with Crippen LogP contribution < -0.4 is 10.2 Å². The number of rotatable bonds is 2. The predicted molar refractivity (Wildman–Crippen MR) is 78.4 cm³/mol. The smallest absolute Gasteiger partial charge is 0.225 e. The number of benzene rings is 1. The second-order valence-corrected chi connectivity index (χ2v) is 5.17. The highest BCUT2D eigenvalue weighted by Crippen LogP contribution is 2.19. The third-order valence-corrected chi connectivity index (χ3v) is 3.88. The van der Waals surface area contributed by atoms with E-state index >= 15 is 0 Å². The molecule has 0 aliphatic carbocycles. The summed E-state index contributed by atoms with van der Waals surface area (Å²) in [6.07, 6.45) is 5.51. The molecule has 1 aliphatic rings. The molecule has 1 N–H and O–H groups in total. The first-order valence-electron chi connectivity index (χ1n) is 7.00. The molecule has 1 aromatic carbocycles. The van der Waals surface area contributed by atoms with Crippen LogP contribution >= 0.6 is 0 Å². The Labute approximate surface area is 113 Å². The quantitative estimate of drug-likeness (QED) is 0.894. The van der Waals surface area contributed by atoms with Crippen LogP contribution in [0.15, 0.2) is 30.5 Å². The van der Waals surface area contributed by atoms with E-state index in [1.165, 1.54) is 12.8 Å². The molecule has 1 fully saturated rings. The molecule has 1 aliphatic heterocycles. The van der Waals surface area contributed by atoms with Gasteiger partial charge in [0, 0.05) is 24.7 Å². The molecule has 2 heterocycles. The van der Waals surface area contributed by atoms with Gasteiger partial charge in [0.2, 0.25) is 5.95 Å². The van der Waals surface area contributed by atoms with Crippen LogP contribution in [0.4, 0.5) is 5.95 Å². The average Bonchev–Trinajstić information content (AvgIpc) is 2.75. The second kappa shape index (κ2) is 5.53. The van der Waals surface area contributed by atoms with Gasteiger partial charge in [0.1, 0.15) is 0 Å². The molecule has 4 heteroatoms. The summed E-state index contributed by atoms with van der Waals surface area (Å²) in [6.45, 7) is 2.21. The third kappa shape index (κ3) is 2.68. The maximum atomic E-state index is 4.68. The van der Waals surface area contributed by atoms with Crippen molar-refractivity contribution in [3.8, 4) is 0 Å². The summed E-state index contributed by atoms with van der Waals surface area (Å²) >= 11 is 0. The minimum Gasteiger partial charge on any atom is -0.341 e. The van der Waals surface area contributed by atoms with Crippen molar-refractivity contribution in [2.75, 3.05) is 25.0 Å². The van der Waals surface area contributed by atoms with Gasteiger partial charge in [-0.15, -0.1) is 0 Å². The zero-order valence-corrected chi connectivity index (χ0v) is 11.3. The topological polar surface area (TPSA) is 41.1 Å². The Balaban J connectivity index is 1.85. The van der Waals surface area contributed by atoms with Gasteiger partial charge in [-0.05, 0) is 38.4 Å². The third-order valence-electron chi connectivity index (χ3n) is 3.88. The zero-order valence-electron chi connectivity index (χ0n) is 11.3. The lowest BCUT2D eigenvalue weighted by atomic mass is 10.1. The number of aromatic nitrogens is 2. The summed E-state index contributed by atoms with van der Waals surface area (Å²) in [6, 6.07) is 8.68. The van der Waals surface area contributed by atoms with Gasteiger partial charge < -0.3 is 10.2 Å². The molecule has 0 bridgehead atoms. The Morgan fingerprint density at radius 3 is 3.05 bits per heavy atom. The molecule has 1 unspecified atom stereocenters. The standard InChI is InChI=1S/C15H20N4/c1-19(13-6-4-9-16-10-8-13)15-17-11-12-5-2-3-7-14(12)18-15/h2-3,5,7,11,13,16H,4,6,8-10H2,1H3. The molecule has 0 amide bonds. The fraction of sp³-hybridized carbons (Fsp3) is 0.467. The Morgan fingerprint density at radius 2 is 2.11 bits per heavy atom. The average molecular weight is 256 g/mol. The summed E-state index contributed by atoms with van der Waals surface area (Å²) in [5.41, 5.74) is 1.02. The Kier molecular flexibility index (Phi) is 3.60. The lowest BCUT2D eigenvalue weighted by molar-refractivity contribution is 0.558. The monoisotopic (exact) mass is 256 g/mol. The molecule has 0 spiro atoms. The molecule has 19 heavy (non-hydrogen) atoms. The van der Waals surface area contributed by atoms with Gasteiger partial charge in [0.25, 0.3) is 0 Å². The summed E-state index contributed by atoms with van der Waals surface area (Å²) in [4.78, 5) is 11.4. The molecule has 0 radical (unpaired) electrons. The molecule has 3 rings (SSSR count). The zero-order chi connectivity index (χ0) is 13.1. The Hall–Kier alpha value is -1.68. The van der Waals surface area contributed by atoms with E-state index in [0.717, 1.165) is 36.4 Å². The summed E-state index contributed by atoms with van der Waals surface area (Å²) in [5, 5.41) is 4.54. The van der Waals surface area contributed by atoms with E-state index in [2.05, 4.69) is 33.3 Å². The summed E-state index contributed by atoms with van der Waals surface area (Å²) in [7, 11) is 2.11. The number of hydrogen-bond donors (Lipinski definition) is 1. The van der Waals surface area contributed by atoms with Gasteiger partial charge in [-0.2, -0.15) is 0 Å². The van der Waals surface area contributed by atoms with E-state index in [0.29, 0.717) is 6.04 Å². The molecule has 100 valence electrons.